The van der Waals surface area contributed by atoms with Gasteiger partial charge in [-0.1, -0.05) is 41.4 Å². The van der Waals surface area contributed by atoms with E-state index in [0.717, 1.165) is 24.2 Å². The van der Waals surface area contributed by atoms with Crippen LogP contribution >= 0.6 is 34.5 Å². The largest absolute Gasteiger partial charge is 0.462 e. The molecule has 0 radical (unpaired) electrons. The maximum absolute atomic E-state index is 15.1. The van der Waals surface area contributed by atoms with Crippen molar-refractivity contribution in [3.8, 4) is 0 Å². The predicted molar refractivity (Wildman–Crippen MR) is 177 cm³/mol. The molecule has 2 heterocycles. The van der Waals surface area contributed by atoms with E-state index in [4.69, 9.17) is 32.7 Å². The highest BCUT2D eigenvalue weighted by Gasteiger charge is 2.56. The zero-order chi connectivity index (χ0) is 33.6. The molecule has 2 aromatic carbocycles. The lowest BCUT2D eigenvalue weighted by Gasteiger charge is -2.52. The molecule has 0 spiro atoms. The van der Waals surface area contributed by atoms with Crippen molar-refractivity contribution >= 4 is 56.3 Å². The smallest absolute Gasteiger partial charge is 0.349 e. The molecule has 1 saturated carbocycles. The molecule has 1 aliphatic carbocycles. The first kappa shape index (κ1) is 34.8. The number of halogens is 3. The van der Waals surface area contributed by atoms with Crippen LogP contribution in [0, 0.1) is 11.7 Å². The third kappa shape index (κ3) is 7.13. The Labute approximate surface area is 283 Å². The number of morpholine rings is 1. The van der Waals surface area contributed by atoms with E-state index < -0.39 is 56.1 Å². The van der Waals surface area contributed by atoms with E-state index in [2.05, 4.69) is 4.98 Å². The number of carbonyl (C=O) groups excluding carboxylic acids is 2. The summed E-state index contributed by atoms with van der Waals surface area (Å²) in [5.74, 6) is -2.01. The van der Waals surface area contributed by atoms with Crippen LogP contribution in [0.5, 0.6) is 0 Å². The summed E-state index contributed by atoms with van der Waals surface area (Å²) in [6, 6.07) is 9.68. The van der Waals surface area contributed by atoms with Gasteiger partial charge in [0.25, 0.3) is 5.91 Å². The molecular weight excluding hydrogens is 674 g/mol. The van der Waals surface area contributed by atoms with Gasteiger partial charge in [0.1, 0.15) is 16.8 Å². The number of aromatic nitrogens is 1. The normalized spacial score (nSPS) is 23.0. The van der Waals surface area contributed by atoms with E-state index >= 15 is 4.39 Å². The lowest BCUT2D eigenvalue weighted by atomic mass is 9.85. The second kappa shape index (κ2) is 13.1. The second-order valence-corrected chi connectivity index (χ2v) is 17.7. The maximum atomic E-state index is 15.1. The number of sulfone groups is 1. The van der Waals surface area contributed by atoms with Crippen molar-refractivity contribution in [2.24, 2.45) is 5.92 Å². The maximum Gasteiger partial charge on any atom is 0.349 e. The average molecular weight is 712 g/mol. The molecule has 13 heteroatoms. The Morgan fingerprint density at radius 2 is 1.91 bits per heavy atom. The predicted octanol–water partition coefficient (Wildman–Crippen LogP) is 7.40. The van der Waals surface area contributed by atoms with Gasteiger partial charge < -0.3 is 14.4 Å². The number of thiazole rings is 1. The van der Waals surface area contributed by atoms with Crippen molar-refractivity contribution in [3.05, 3.63) is 85.5 Å². The lowest BCUT2D eigenvalue weighted by Crippen LogP contribution is -2.62. The lowest BCUT2D eigenvalue weighted by molar-refractivity contribution is -0.202. The van der Waals surface area contributed by atoms with E-state index in [1.165, 1.54) is 18.3 Å². The molecule has 1 aromatic heterocycles. The Bertz CT molecular complexity index is 1740. The molecule has 0 bridgehead atoms. The number of amides is 1. The summed E-state index contributed by atoms with van der Waals surface area (Å²) in [6.07, 6.45) is 2.00. The van der Waals surface area contributed by atoms with Crippen LogP contribution in [0.3, 0.4) is 0 Å². The highest BCUT2D eigenvalue weighted by Crippen LogP contribution is 2.51. The standard InChI is InChI=1S/C33H37Cl2FN2O6S2/c1-6-43-30(39)26-17-37-27(45-26)16-33(5)31(40)38(25(19-10-11-19)18-46(41,42)32(2,3)4)28(20-12-13-23(35)24(36)15-20)29(44-33)21-8-7-9-22(34)14-21/h7-9,12-15,17,19,25,28-29H,6,10-11,16,18H2,1-5H3/t25?,28?,29-,33+/m1/s1. The zero-order valence-electron chi connectivity index (χ0n) is 26.3. The minimum absolute atomic E-state index is 0.00538. The summed E-state index contributed by atoms with van der Waals surface area (Å²) in [5.41, 5.74) is -0.521. The van der Waals surface area contributed by atoms with Crippen LogP contribution in [-0.2, 0) is 30.5 Å². The van der Waals surface area contributed by atoms with Crippen molar-refractivity contribution in [1.29, 1.82) is 0 Å². The minimum Gasteiger partial charge on any atom is -0.462 e. The summed E-state index contributed by atoms with van der Waals surface area (Å²) in [6.45, 7) is 8.48. The highest BCUT2D eigenvalue weighted by atomic mass is 35.5. The van der Waals surface area contributed by atoms with Gasteiger partial charge in [-0.25, -0.2) is 22.6 Å². The van der Waals surface area contributed by atoms with Crippen LogP contribution < -0.4 is 0 Å². The average Bonchev–Trinajstić information content (AvgIpc) is 3.72. The van der Waals surface area contributed by atoms with Gasteiger partial charge in [-0.3, -0.25) is 4.79 Å². The summed E-state index contributed by atoms with van der Waals surface area (Å²) in [7, 11) is -3.70. The van der Waals surface area contributed by atoms with Crippen LogP contribution in [0.1, 0.15) is 85.4 Å². The molecule has 8 nitrogen and oxygen atoms in total. The minimum atomic E-state index is -3.70. The molecule has 0 N–H and O–H groups in total. The fraction of sp³-hybridized carbons (Fsp3) is 0.485. The summed E-state index contributed by atoms with van der Waals surface area (Å²) in [5, 5.41) is 0.808. The molecule has 3 aromatic rings. The molecule has 248 valence electrons. The first-order chi connectivity index (χ1) is 21.5. The van der Waals surface area contributed by atoms with Crippen LogP contribution in [0.25, 0.3) is 0 Å². The number of carbonyl (C=O) groups is 2. The Hall–Kier alpha value is -2.57. The monoisotopic (exact) mass is 710 g/mol. The van der Waals surface area contributed by atoms with Crippen molar-refractivity contribution < 1.29 is 31.9 Å². The van der Waals surface area contributed by atoms with Gasteiger partial charge in [0.05, 0.1) is 39.4 Å². The quantitative estimate of drug-likeness (QED) is 0.202. The van der Waals surface area contributed by atoms with Gasteiger partial charge in [0, 0.05) is 17.5 Å². The number of nitrogens with zero attached hydrogens (tertiary/aromatic N) is 2. The van der Waals surface area contributed by atoms with Crippen LogP contribution in [0.15, 0.2) is 48.7 Å². The molecule has 2 aliphatic rings. The van der Waals surface area contributed by atoms with E-state index in [9.17, 15) is 18.0 Å². The number of benzene rings is 2. The third-order valence-electron chi connectivity index (χ3n) is 8.49. The molecule has 2 fully saturated rings. The van der Waals surface area contributed by atoms with Crippen molar-refractivity contribution in [1.82, 2.24) is 9.88 Å². The molecule has 1 amide bonds. The Morgan fingerprint density at radius 3 is 2.52 bits per heavy atom. The van der Waals surface area contributed by atoms with Gasteiger partial charge in [0.2, 0.25) is 0 Å². The molecule has 1 aliphatic heterocycles. The number of esters is 1. The molecule has 5 rings (SSSR count). The highest BCUT2D eigenvalue weighted by molar-refractivity contribution is 7.92. The number of ether oxygens (including phenoxy) is 2. The SMILES string of the molecule is CCOC(=O)c1cnc(C[C@]2(C)O[C@H](c3cccc(Cl)c3)C(c3ccc(Cl)c(F)c3)N(C(CS(=O)(=O)C(C)(C)C)C3CC3)C2=O)s1. The summed E-state index contributed by atoms with van der Waals surface area (Å²) >= 11 is 13.6. The molecule has 1 saturated heterocycles. The van der Waals surface area contributed by atoms with E-state index in [0.29, 0.717) is 21.2 Å². The number of hydrogen-bond donors (Lipinski definition) is 0. The van der Waals surface area contributed by atoms with Gasteiger partial charge >= 0.3 is 5.97 Å². The van der Waals surface area contributed by atoms with Gasteiger partial charge in [0.15, 0.2) is 15.4 Å². The van der Waals surface area contributed by atoms with Gasteiger partial charge in [-0.05, 0) is 88.8 Å². The fourth-order valence-electron chi connectivity index (χ4n) is 5.76. The Balaban J connectivity index is 1.68. The molecule has 4 atom stereocenters. The van der Waals surface area contributed by atoms with Crippen LogP contribution in [0.4, 0.5) is 4.39 Å². The van der Waals surface area contributed by atoms with Gasteiger partial charge in [-0.2, -0.15) is 0 Å². The van der Waals surface area contributed by atoms with Crippen LogP contribution in [-0.4, -0.2) is 58.9 Å². The van der Waals surface area contributed by atoms with Crippen molar-refractivity contribution in [2.45, 2.75) is 82.4 Å². The van der Waals surface area contributed by atoms with Crippen molar-refractivity contribution in [2.75, 3.05) is 12.4 Å². The summed E-state index contributed by atoms with van der Waals surface area (Å²) < 4.78 is 53.4. The molecule has 46 heavy (non-hydrogen) atoms. The first-order valence-electron chi connectivity index (χ1n) is 15.1. The van der Waals surface area contributed by atoms with Gasteiger partial charge in [-0.15, -0.1) is 11.3 Å². The fourth-order valence-corrected chi connectivity index (χ4v) is 8.41. The molecule has 2 unspecified atom stereocenters. The van der Waals surface area contributed by atoms with Crippen molar-refractivity contribution in [3.63, 3.8) is 0 Å². The first-order valence-corrected chi connectivity index (χ1v) is 18.3. The number of hydrogen-bond acceptors (Lipinski definition) is 8. The summed E-state index contributed by atoms with van der Waals surface area (Å²) in [4.78, 5) is 33.6. The molecular formula is C33H37Cl2FN2O6S2. The zero-order valence-corrected chi connectivity index (χ0v) is 29.4. The second-order valence-electron chi connectivity index (χ2n) is 13.0. The Kier molecular flexibility index (Phi) is 9.93. The van der Waals surface area contributed by atoms with E-state index in [-0.39, 0.29) is 34.6 Å². The number of rotatable bonds is 10. The third-order valence-corrected chi connectivity index (χ3v) is 12.7. The Morgan fingerprint density at radius 1 is 1.20 bits per heavy atom. The van der Waals surface area contributed by atoms with E-state index in [1.54, 1.807) is 63.8 Å². The van der Waals surface area contributed by atoms with Crippen LogP contribution in [0.2, 0.25) is 10.0 Å². The topological polar surface area (TPSA) is 103 Å². The van der Waals surface area contributed by atoms with E-state index in [1.807, 2.05) is 6.07 Å².